The first-order chi connectivity index (χ1) is 7.75. The van der Waals surface area contributed by atoms with Crippen LogP contribution in [-0.2, 0) is 4.43 Å². The van der Waals surface area contributed by atoms with Crippen LogP contribution in [-0.4, -0.2) is 29.5 Å². The molecule has 1 saturated carbocycles. The molecule has 1 saturated heterocycles. The van der Waals surface area contributed by atoms with Gasteiger partial charge in [0.15, 0.2) is 8.32 Å². The van der Waals surface area contributed by atoms with E-state index in [0.29, 0.717) is 0 Å². The second-order valence-corrected chi connectivity index (χ2v) is 13.9. The third-order valence-electron chi connectivity index (χ3n) is 3.24. The van der Waals surface area contributed by atoms with E-state index in [1.807, 2.05) is 0 Å². The third kappa shape index (κ3) is 3.14. The summed E-state index contributed by atoms with van der Waals surface area (Å²) in [5, 5.41) is 0. The fourth-order valence-corrected chi connectivity index (χ4v) is 8.20. The fraction of sp³-hybridized carbons (Fsp3) is 0.846. The minimum absolute atomic E-state index is 0.0406. The molecule has 0 amide bonds. The van der Waals surface area contributed by atoms with Gasteiger partial charge in [-0.05, 0) is 56.5 Å². The van der Waals surface area contributed by atoms with E-state index in [9.17, 15) is 0 Å². The molecule has 1 aliphatic heterocycles. The van der Waals surface area contributed by atoms with Gasteiger partial charge < -0.3 is 4.43 Å². The highest BCUT2D eigenvalue weighted by Crippen LogP contribution is 2.59. The molecular weight excluding hydrogens is 264 g/mol. The molecule has 2 rings (SSSR count). The zero-order chi connectivity index (χ0) is 12.7. The van der Waals surface area contributed by atoms with Crippen LogP contribution in [0, 0.1) is 0 Å². The molecule has 1 nitrogen and oxygen atoms in total. The lowest BCUT2D eigenvalue weighted by molar-refractivity contribution is 0.0912. The number of hydrogen-bond donors (Lipinski definition) is 0. The average molecular weight is 289 g/mol. The topological polar surface area (TPSA) is 9.23 Å². The lowest BCUT2D eigenvalue weighted by Crippen LogP contribution is -2.40. The summed E-state index contributed by atoms with van der Waals surface area (Å²) < 4.78 is 6.71. The van der Waals surface area contributed by atoms with E-state index in [1.54, 1.807) is 0 Å². The van der Waals surface area contributed by atoms with Crippen molar-refractivity contribution in [3.63, 3.8) is 0 Å². The standard InChI is InChI=1S/C13H24OS2Si/c1-11-9-12(2,14-17(3,4)5)10-13(11)15-7-6-8-16-13/h1,6-10H2,2-5H3/t12-/m1/s1. The van der Waals surface area contributed by atoms with Crippen molar-refractivity contribution in [1.82, 2.24) is 0 Å². The highest BCUT2D eigenvalue weighted by molar-refractivity contribution is 8.19. The first-order valence-corrected chi connectivity index (χ1v) is 11.8. The van der Waals surface area contributed by atoms with Crippen molar-refractivity contribution in [2.45, 2.75) is 55.5 Å². The van der Waals surface area contributed by atoms with E-state index in [0.717, 1.165) is 12.8 Å². The molecule has 1 heterocycles. The van der Waals surface area contributed by atoms with Gasteiger partial charge in [-0.1, -0.05) is 6.58 Å². The Kier molecular flexibility index (Phi) is 3.81. The molecule has 0 aromatic heterocycles. The summed E-state index contributed by atoms with van der Waals surface area (Å²) in [6.07, 6.45) is 3.55. The molecule has 98 valence electrons. The maximum absolute atomic E-state index is 6.44. The average Bonchev–Trinajstić information content (AvgIpc) is 2.35. The van der Waals surface area contributed by atoms with Crippen LogP contribution in [0.3, 0.4) is 0 Å². The van der Waals surface area contributed by atoms with Gasteiger partial charge in [-0.15, -0.1) is 23.5 Å². The maximum Gasteiger partial charge on any atom is 0.184 e. The van der Waals surface area contributed by atoms with Gasteiger partial charge in [0.1, 0.15) is 0 Å². The van der Waals surface area contributed by atoms with Crippen molar-refractivity contribution in [1.29, 1.82) is 0 Å². The lowest BCUT2D eigenvalue weighted by atomic mass is 10.1. The van der Waals surface area contributed by atoms with Gasteiger partial charge >= 0.3 is 0 Å². The first kappa shape index (κ1) is 14.0. The van der Waals surface area contributed by atoms with Gasteiger partial charge in [-0.3, -0.25) is 0 Å². The van der Waals surface area contributed by atoms with Crippen LogP contribution in [0.4, 0.5) is 0 Å². The summed E-state index contributed by atoms with van der Waals surface area (Å²) in [5.41, 5.74) is 1.45. The molecule has 4 heteroatoms. The molecule has 2 fully saturated rings. The molecule has 0 bridgehead atoms. The van der Waals surface area contributed by atoms with Crippen molar-refractivity contribution in [3.8, 4) is 0 Å². The Balaban J connectivity index is 2.12. The van der Waals surface area contributed by atoms with Gasteiger partial charge in [0.25, 0.3) is 0 Å². The van der Waals surface area contributed by atoms with E-state index in [4.69, 9.17) is 4.43 Å². The highest BCUT2D eigenvalue weighted by Gasteiger charge is 2.51. The van der Waals surface area contributed by atoms with E-state index in [1.165, 1.54) is 23.5 Å². The predicted molar refractivity (Wildman–Crippen MR) is 83.5 cm³/mol. The predicted octanol–water partition coefficient (Wildman–Crippen LogP) is 4.51. The summed E-state index contributed by atoms with van der Waals surface area (Å²) in [5.74, 6) is 2.57. The Morgan fingerprint density at radius 1 is 1.24 bits per heavy atom. The molecule has 0 aromatic carbocycles. The quantitative estimate of drug-likeness (QED) is 0.546. The normalized spacial score (nSPS) is 33.3. The molecule has 0 unspecified atom stereocenters. The third-order valence-corrected chi connectivity index (χ3v) is 7.84. The molecule has 1 spiro atoms. The molecule has 2 aliphatic rings. The van der Waals surface area contributed by atoms with Gasteiger partial charge in [-0.2, -0.15) is 0 Å². The monoisotopic (exact) mass is 288 g/mol. The second-order valence-electron chi connectivity index (χ2n) is 6.42. The van der Waals surface area contributed by atoms with Crippen LogP contribution in [0.2, 0.25) is 19.6 Å². The summed E-state index contributed by atoms with van der Waals surface area (Å²) in [4.78, 5) is 0. The van der Waals surface area contributed by atoms with Gasteiger partial charge in [0.05, 0.1) is 9.68 Å². The SMILES string of the molecule is C=C1C[C@@](C)(O[Si](C)(C)C)CC12SCCCS2. The lowest BCUT2D eigenvalue weighted by Gasteiger charge is -2.37. The molecular formula is C13H24OS2Si. The molecule has 0 N–H and O–H groups in total. The summed E-state index contributed by atoms with van der Waals surface area (Å²) in [7, 11) is -1.46. The van der Waals surface area contributed by atoms with Crippen molar-refractivity contribution in [2.24, 2.45) is 0 Å². The highest BCUT2D eigenvalue weighted by atomic mass is 32.2. The Labute approximate surface area is 115 Å². The molecule has 1 atom stereocenters. The van der Waals surface area contributed by atoms with Crippen molar-refractivity contribution in [3.05, 3.63) is 12.2 Å². The van der Waals surface area contributed by atoms with E-state index in [-0.39, 0.29) is 9.68 Å². The van der Waals surface area contributed by atoms with E-state index in [2.05, 4.69) is 56.7 Å². The van der Waals surface area contributed by atoms with Crippen LogP contribution in [0.25, 0.3) is 0 Å². The minimum Gasteiger partial charge on any atom is -0.412 e. The van der Waals surface area contributed by atoms with Crippen molar-refractivity contribution < 1.29 is 4.43 Å². The Hall–Kier alpha value is 0.617. The van der Waals surface area contributed by atoms with Crippen LogP contribution in [0.15, 0.2) is 12.2 Å². The zero-order valence-electron chi connectivity index (χ0n) is 11.5. The largest absolute Gasteiger partial charge is 0.412 e. The first-order valence-electron chi connectivity index (χ1n) is 6.41. The number of rotatable bonds is 2. The van der Waals surface area contributed by atoms with Gasteiger partial charge in [-0.25, -0.2) is 0 Å². The Morgan fingerprint density at radius 2 is 1.82 bits per heavy atom. The molecule has 1 aliphatic carbocycles. The van der Waals surface area contributed by atoms with Crippen LogP contribution in [0.1, 0.15) is 26.2 Å². The summed E-state index contributed by atoms with van der Waals surface area (Å²) >= 11 is 4.22. The second kappa shape index (κ2) is 4.62. The smallest absolute Gasteiger partial charge is 0.184 e. The zero-order valence-corrected chi connectivity index (χ0v) is 14.1. The molecule has 17 heavy (non-hydrogen) atoms. The van der Waals surface area contributed by atoms with Crippen molar-refractivity contribution in [2.75, 3.05) is 11.5 Å². The Bertz CT molecular complexity index is 318. The van der Waals surface area contributed by atoms with Crippen LogP contribution < -0.4 is 0 Å². The van der Waals surface area contributed by atoms with Gasteiger partial charge in [0, 0.05) is 6.42 Å². The van der Waals surface area contributed by atoms with E-state index >= 15 is 0 Å². The molecule has 0 aromatic rings. The van der Waals surface area contributed by atoms with Crippen molar-refractivity contribution >= 4 is 31.8 Å². The maximum atomic E-state index is 6.44. The van der Waals surface area contributed by atoms with Gasteiger partial charge in [0.2, 0.25) is 0 Å². The Morgan fingerprint density at radius 3 is 2.35 bits per heavy atom. The number of hydrogen-bond acceptors (Lipinski definition) is 3. The fourth-order valence-electron chi connectivity index (χ4n) is 2.96. The minimum atomic E-state index is -1.46. The molecule has 0 radical (unpaired) electrons. The summed E-state index contributed by atoms with van der Waals surface area (Å²) in [6.45, 7) is 13.5. The number of thioether (sulfide) groups is 2. The summed E-state index contributed by atoms with van der Waals surface area (Å²) in [6, 6.07) is 0. The van der Waals surface area contributed by atoms with E-state index < -0.39 is 8.32 Å². The van der Waals surface area contributed by atoms with Crippen LogP contribution in [0.5, 0.6) is 0 Å². The van der Waals surface area contributed by atoms with Crippen LogP contribution >= 0.6 is 23.5 Å².